The topological polar surface area (TPSA) is 66.4 Å². The summed E-state index contributed by atoms with van der Waals surface area (Å²) in [4.78, 5) is 1.02. The zero-order valence-electron chi connectivity index (χ0n) is 19.8. The summed E-state index contributed by atoms with van der Waals surface area (Å²) in [5.74, 6) is 0.785. The van der Waals surface area contributed by atoms with E-state index < -0.39 is 30.0 Å². The average Bonchev–Trinajstić information content (AvgIpc) is 2.90. The quantitative estimate of drug-likeness (QED) is 0.502. The predicted octanol–water partition coefficient (Wildman–Crippen LogP) is 4.88. The van der Waals surface area contributed by atoms with Gasteiger partial charge in [0.2, 0.25) is 0 Å². The van der Waals surface area contributed by atoms with Crippen LogP contribution in [0.25, 0.3) is 0 Å². The molecule has 0 saturated carbocycles. The molecule has 0 bridgehead atoms. The van der Waals surface area contributed by atoms with Crippen molar-refractivity contribution in [1.29, 1.82) is 0 Å². The van der Waals surface area contributed by atoms with Gasteiger partial charge in [0, 0.05) is 10.5 Å². The summed E-state index contributed by atoms with van der Waals surface area (Å²) in [7, 11) is 1.64. The van der Waals surface area contributed by atoms with Crippen LogP contribution < -0.4 is 4.74 Å². The zero-order valence-corrected chi connectivity index (χ0v) is 20.6. The fourth-order valence-electron chi connectivity index (χ4n) is 4.30. The highest BCUT2D eigenvalue weighted by Crippen LogP contribution is 2.40. The van der Waals surface area contributed by atoms with Crippen LogP contribution in [-0.2, 0) is 25.6 Å². The molecule has 5 rings (SSSR count). The maximum Gasteiger partial charge on any atom is 0.184 e. The van der Waals surface area contributed by atoms with Crippen LogP contribution in [0.3, 0.4) is 0 Å². The van der Waals surface area contributed by atoms with Crippen molar-refractivity contribution in [3.63, 3.8) is 0 Å². The van der Waals surface area contributed by atoms with Gasteiger partial charge in [-0.1, -0.05) is 71.9 Å². The summed E-state index contributed by atoms with van der Waals surface area (Å²) in [6, 6.07) is 25.7. The summed E-state index contributed by atoms with van der Waals surface area (Å²) >= 11 is 1.48. The molecule has 1 unspecified atom stereocenters. The van der Waals surface area contributed by atoms with Gasteiger partial charge in [-0.05, 0) is 36.8 Å². The smallest absolute Gasteiger partial charge is 0.184 e. The first kappa shape index (κ1) is 24.3. The number of thioether (sulfide) groups is 1. The molecule has 3 aromatic rings. The van der Waals surface area contributed by atoms with Crippen molar-refractivity contribution in [2.24, 2.45) is 0 Å². The molecule has 2 fully saturated rings. The van der Waals surface area contributed by atoms with Crippen molar-refractivity contribution in [3.8, 4) is 5.75 Å². The Morgan fingerprint density at radius 3 is 2.40 bits per heavy atom. The summed E-state index contributed by atoms with van der Waals surface area (Å²) < 4.78 is 30.2. The van der Waals surface area contributed by atoms with Crippen molar-refractivity contribution in [1.82, 2.24) is 0 Å². The van der Waals surface area contributed by atoms with E-state index in [-0.39, 0.29) is 6.10 Å². The van der Waals surface area contributed by atoms with Gasteiger partial charge in [-0.3, -0.25) is 0 Å². The van der Waals surface area contributed by atoms with E-state index in [1.165, 1.54) is 17.3 Å². The molecular formula is C28H30O6S. The van der Waals surface area contributed by atoms with E-state index in [0.717, 1.165) is 21.8 Å². The number of fused-ring (bicyclic) bond motifs is 1. The molecule has 0 aliphatic carbocycles. The minimum atomic E-state index is -0.893. The lowest BCUT2D eigenvalue weighted by Crippen LogP contribution is -2.61. The molecule has 0 amide bonds. The molecule has 1 N–H and O–H groups in total. The highest BCUT2D eigenvalue weighted by Gasteiger charge is 2.50. The van der Waals surface area contributed by atoms with Gasteiger partial charge in [-0.15, -0.1) is 0 Å². The third-order valence-corrected chi connectivity index (χ3v) is 7.42. The lowest BCUT2D eigenvalue weighted by molar-refractivity contribution is -0.325. The van der Waals surface area contributed by atoms with Gasteiger partial charge >= 0.3 is 0 Å². The summed E-state index contributed by atoms with van der Waals surface area (Å²) in [6.45, 7) is 2.73. The molecule has 2 aliphatic rings. The van der Waals surface area contributed by atoms with E-state index >= 15 is 0 Å². The fraction of sp³-hybridized carbons (Fsp3) is 0.357. The minimum absolute atomic E-state index is 0.330. The second kappa shape index (κ2) is 11.1. The Bertz CT molecular complexity index is 1070. The third-order valence-electron chi connectivity index (χ3n) is 6.25. The molecule has 7 heteroatoms. The maximum absolute atomic E-state index is 11.4. The third kappa shape index (κ3) is 5.72. The zero-order chi connectivity index (χ0) is 24.2. The fourth-order valence-corrected chi connectivity index (χ4v) is 5.35. The van der Waals surface area contributed by atoms with Crippen LogP contribution in [0.1, 0.15) is 23.0 Å². The lowest BCUT2D eigenvalue weighted by atomic mass is 9.98. The largest absolute Gasteiger partial charge is 0.497 e. The van der Waals surface area contributed by atoms with E-state index in [0.29, 0.717) is 13.2 Å². The lowest BCUT2D eigenvalue weighted by Gasteiger charge is -2.47. The Morgan fingerprint density at radius 1 is 0.943 bits per heavy atom. The molecule has 6 atom stereocenters. The van der Waals surface area contributed by atoms with E-state index in [4.69, 9.17) is 23.7 Å². The summed E-state index contributed by atoms with van der Waals surface area (Å²) in [6.07, 6.45) is -2.86. The molecule has 0 spiro atoms. The molecule has 2 heterocycles. The molecule has 6 nitrogen and oxygen atoms in total. The Morgan fingerprint density at radius 2 is 1.69 bits per heavy atom. The van der Waals surface area contributed by atoms with Crippen molar-refractivity contribution < 1.29 is 28.8 Å². The first-order valence-corrected chi connectivity index (χ1v) is 12.6. The van der Waals surface area contributed by atoms with Crippen LogP contribution in [0.2, 0.25) is 0 Å². The number of hydrogen-bond donors (Lipinski definition) is 1. The summed E-state index contributed by atoms with van der Waals surface area (Å²) in [5, 5.41) is 11.4. The molecule has 2 aliphatic heterocycles. The second-order valence-electron chi connectivity index (χ2n) is 8.76. The SMILES string of the molecule is COc1ccc(CO[C@@H]2[C@@H](O)[C@H](Sc3ccc(C)cc3)O[C@@H]3COC(c4ccccc4)O[C@@H]23)cc1. The van der Waals surface area contributed by atoms with Crippen molar-refractivity contribution in [2.45, 2.75) is 54.6 Å². The number of rotatable bonds is 7. The molecule has 3 aromatic carbocycles. The van der Waals surface area contributed by atoms with Gasteiger partial charge < -0.3 is 28.8 Å². The Balaban J connectivity index is 1.35. The maximum atomic E-state index is 11.4. The van der Waals surface area contributed by atoms with Gasteiger partial charge in [-0.2, -0.15) is 0 Å². The average molecular weight is 495 g/mol. The van der Waals surface area contributed by atoms with Crippen LogP contribution in [0, 0.1) is 6.92 Å². The highest BCUT2D eigenvalue weighted by molar-refractivity contribution is 7.99. The van der Waals surface area contributed by atoms with E-state index in [2.05, 4.69) is 12.1 Å². The van der Waals surface area contributed by atoms with Crippen molar-refractivity contribution in [2.75, 3.05) is 13.7 Å². The molecular weight excluding hydrogens is 464 g/mol. The molecule has 0 radical (unpaired) electrons. The van der Waals surface area contributed by atoms with Gasteiger partial charge in [-0.25, -0.2) is 0 Å². The van der Waals surface area contributed by atoms with Gasteiger partial charge in [0.1, 0.15) is 35.6 Å². The minimum Gasteiger partial charge on any atom is -0.497 e. The number of aliphatic hydroxyl groups excluding tert-OH is 1. The van der Waals surface area contributed by atoms with Crippen LogP contribution in [-0.4, -0.2) is 48.7 Å². The molecule has 2 saturated heterocycles. The van der Waals surface area contributed by atoms with E-state index in [1.807, 2.05) is 73.7 Å². The van der Waals surface area contributed by atoms with E-state index in [9.17, 15) is 5.11 Å². The Labute approximate surface area is 210 Å². The standard InChI is InChI=1S/C28H30O6S/c1-18-8-14-22(15-9-18)35-28-24(29)26(31-16-19-10-12-21(30-2)13-11-19)25-23(33-28)17-32-27(34-25)20-6-4-3-5-7-20/h3-15,23-29H,16-17H2,1-2H3/t23-,24-,25-,26-,27?,28+/m1/s1. The normalized spacial score (nSPS) is 28.3. The number of methoxy groups -OCH3 is 1. The first-order chi connectivity index (χ1) is 17.1. The molecule has 0 aromatic heterocycles. The van der Waals surface area contributed by atoms with E-state index in [1.54, 1.807) is 7.11 Å². The Kier molecular flexibility index (Phi) is 7.72. The second-order valence-corrected chi connectivity index (χ2v) is 9.94. The van der Waals surface area contributed by atoms with Gasteiger partial charge in [0.25, 0.3) is 0 Å². The first-order valence-electron chi connectivity index (χ1n) is 11.7. The molecule has 184 valence electrons. The monoisotopic (exact) mass is 494 g/mol. The van der Waals surface area contributed by atoms with Crippen LogP contribution >= 0.6 is 11.8 Å². The number of aryl methyl sites for hydroxylation is 1. The number of hydrogen-bond acceptors (Lipinski definition) is 7. The number of benzene rings is 3. The van der Waals surface area contributed by atoms with Crippen molar-refractivity contribution in [3.05, 3.63) is 95.6 Å². The summed E-state index contributed by atoms with van der Waals surface area (Å²) in [5.41, 5.74) is 2.57. The predicted molar refractivity (Wildman–Crippen MR) is 133 cm³/mol. The van der Waals surface area contributed by atoms with Crippen molar-refractivity contribution >= 4 is 11.8 Å². The van der Waals surface area contributed by atoms with Crippen LogP contribution in [0.15, 0.2) is 83.8 Å². The Hall–Kier alpha value is -2.39. The van der Waals surface area contributed by atoms with Gasteiger partial charge in [0.15, 0.2) is 6.29 Å². The number of ether oxygens (including phenoxy) is 5. The van der Waals surface area contributed by atoms with Crippen LogP contribution in [0.5, 0.6) is 5.75 Å². The molecule has 35 heavy (non-hydrogen) atoms. The van der Waals surface area contributed by atoms with Gasteiger partial charge in [0.05, 0.1) is 20.3 Å². The van der Waals surface area contributed by atoms with Crippen LogP contribution in [0.4, 0.5) is 0 Å². The number of aliphatic hydroxyl groups is 1. The highest BCUT2D eigenvalue weighted by atomic mass is 32.2.